The van der Waals surface area contributed by atoms with Crippen LogP contribution in [0.1, 0.15) is 37.0 Å². The smallest absolute Gasteiger partial charge is 0.245 e. The van der Waals surface area contributed by atoms with Gasteiger partial charge in [-0.2, -0.15) is 0 Å². The van der Waals surface area contributed by atoms with Crippen molar-refractivity contribution in [3.05, 3.63) is 65.2 Å². The van der Waals surface area contributed by atoms with Crippen LogP contribution in [-0.4, -0.2) is 47.9 Å². The number of aryl methyl sites for hydroxylation is 1. The summed E-state index contributed by atoms with van der Waals surface area (Å²) in [5, 5.41) is 0. The molecule has 1 aliphatic heterocycles. The number of benzene rings is 2. The number of fused-ring (bicyclic) bond motifs is 1. The van der Waals surface area contributed by atoms with Crippen LogP contribution in [0.5, 0.6) is 5.75 Å². The summed E-state index contributed by atoms with van der Waals surface area (Å²) < 4.78 is 5.80. The van der Waals surface area contributed by atoms with E-state index in [9.17, 15) is 9.59 Å². The summed E-state index contributed by atoms with van der Waals surface area (Å²) in [6, 6.07) is 15.5. The SMILES string of the molecule is Cc1cccc(OCCN(C)C(=O)C2Cc3ccccc3CN2C(=O)CC(C)C)c1. The van der Waals surface area contributed by atoms with Crippen molar-refractivity contribution in [3.8, 4) is 5.75 Å². The third kappa shape index (κ3) is 5.41. The average molecular weight is 409 g/mol. The van der Waals surface area contributed by atoms with Crippen LogP contribution in [-0.2, 0) is 22.6 Å². The van der Waals surface area contributed by atoms with Gasteiger partial charge in [0.15, 0.2) is 0 Å². The van der Waals surface area contributed by atoms with Crippen LogP contribution in [0.25, 0.3) is 0 Å². The fraction of sp³-hybridized carbons (Fsp3) is 0.440. The molecular formula is C25H32N2O3. The molecule has 1 heterocycles. The molecule has 1 atom stereocenters. The van der Waals surface area contributed by atoms with E-state index in [4.69, 9.17) is 4.74 Å². The van der Waals surface area contributed by atoms with Crippen molar-refractivity contribution in [2.24, 2.45) is 5.92 Å². The van der Waals surface area contributed by atoms with E-state index < -0.39 is 6.04 Å². The summed E-state index contributed by atoms with van der Waals surface area (Å²) in [7, 11) is 1.79. The molecule has 5 heteroatoms. The predicted octanol–water partition coefficient (Wildman–Crippen LogP) is 3.83. The Bertz CT molecular complexity index is 893. The van der Waals surface area contributed by atoms with Crippen LogP contribution in [0.3, 0.4) is 0 Å². The van der Waals surface area contributed by atoms with Crippen molar-refractivity contribution >= 4 is 11.8 Å². The summed E-state index contributed by atoms with van der Waals surface area (Å²) in [5.74, 6) is 1.07. The van der Waals surface area contributed by atoms with Crippen molar-refractivity contribution in [2.75, 3.05) is 20.2 Å². The van der Waals surface area contributed by atoms with Gasteiger partial charge in [0.1, 0.15) is 18.4 Å². The molecule has 1 unspecified atom stereocenters. The van der Waals surface area contributed by atoms with Gasteiger partial charge in [-0.05, 0) is 41.7 Å². The van der Waals surface area contributed by atoms with Crippen molar-refractivity contribution in [1.29, 1.82) is 0 Å². The zero-order chi connectivity index (χ0) is 21.7. The maximum Gasteiger partial charge on any atom is 0.245 e. The Morgan fingerprint density at radius 3 is 2.57 bits per heavy atom. The zero-order valence-corrected chi connectivity index (χ0v) is 18.4. The molecule has 0 radical (unpaired) electrons. The fourth-order valence-corrected chi connectivity index (χ4v) is 3.84. The largest absolute Gasteiger partial charge is 0.492 e. The second-order valence-electron chi connectivity index (χ2n) is 8.53. The van der Waals surface area contributed by atoms with Crippen LogP contribution < -0.4 is 4.74 Å². The number of amides is 2. The Hall–Kier alpha value is -2.82. The third-order valence-corrected chi connectivity index (χ3v) is 5.50. The van der Waals surface area contributed by atoms with E-state index >= 15 is 0 Å². The van der Waals surface area contributed by atoms with Crippen LogP contribution >= 0.6 is 0 Å². The highest BCUT2D eigenvalue weighted by atomic mass is 16.5. The molecule has 0 N–H and O–H groups in total. The van der Waals surface area contributed by atoms with Crippen LogP contribution in [0.4, 0.5) is 0 Å². The van der Waals surface area contributed by atoms with Gasteiger partial charge in [0, 0.05) is 26.4 Å². The molecule has 0 aromatic heterocycles. The lowest BCUT2D eigenvalue weighted by Gasteiger charge is -2.38. The molecule has 0 aliphatic carbocycles. The monoisotopic (exact) mass is 408 g/mol. The highest BCUT2D eigenvalue weighted by molar-refractivity contribution is 5.88. The summed E-state index contributed by atoms with van der Waals surface area (Å²) in [6.07, 6.45) is 1.01. The van der Waals surface area contributed by atoms with Gasteiger partial charge in [0.25, 0.3) is 0 Å². The Balaban J connectivity index is 1.68. The van der Waals surface area contributed by atoms with E-state index in [1.165, 1.54) is 0 Å². The minimum Gasteiger partial charge on any atom is -0.492 e. The fourth-order valence-electron chi connectivity index (χ4n) is 3.84. The molecule has 2 aromatic rings. The highest BCUT2D eigenvalue weighted by Crippen LogP contribution is 2.26. The van der Waals surface area contributed by atoms with Gasteiger partial charge in [-0.1, -0.05) is 50.2 Å². The van der Waals surface area contributed by atoms with E-state index in [-0.39, 0.29) is 17.7 Å². The average Bonchev–Trinajstić information content (AvgIpc) is 2.71. The molecule has 0 saturated heterocycles. The summed E-state index contributed by atoms with van der Waals surface area (Å²) in [4.78, 5) is 29.6. The standard InChI is InChI=1S/C25H32N2O3/c1-18(2)14-24(28)27-17-21-10-6-5-9-20(21)16-23(27)25(29)26(4)12-13-30-22-11-7-8-19(3)15-22/h5-11,15,18,23H,12-14,16-17H2,1-4H3. The first-order valence-corrected chi connectivity index (χ1v) is 10.7. The van der Waals surface area contributed by atoms with E-state index in [1.54, 1.807) is 16.8 Å². The Morgan fingerprint density at radius 2 is 1.87 bits per heavy atom. The Labute approximate surface area is 179 Å². The molecule has 0 bridgehead atoms. The molecule has 0 spiro atoms. The van der Waals surface area contributed by atoms with Crippen molar-refractivity contribution in [2.45, 2.75) is 46.2 Å². The van der Waals surface area contributed by atoms with Gasteiger partial charge in [-0.3, -0.25) is 9.59 Å². The normalized spacial score (nSPS) is 15.6. The molecular weight excluding hydrogens is 376 g/mol. The van der Waals surface area contributed by atoms with E-state index in [1.807, 2.05) is 63.2 Å². The molecule has 3 rings (SSSR count). The first-order valence-electron chi connectivity index (χ1n) is 10.7. The van der Waals surface area contributed by atoms with Gasteiger partial charge in [-0.25, -0.2) is 0 Å². The molecule has 160 valence electrons. The van der Waals surface area contributed by atoms with Gasteiger partial charge in [0.2, 0.25) is 11.8 Å². The number of carbonyl (C=O) groups is 2. The number of hydrogen-bond donors (Lipinski definition) is 0. The van der Waals surface area contributed by atoms with Crippen LogP contribution in [0.2, 0.25) is 0 Å². The Kier molecular flexibility index (Phi) is 7.14. The number of hydrogen-bond acceptors (Lipinski definition) is 3. The number of likely N-dealkylation sites (N-methyl/N-ethyl adjacent to an activating group) is 1. The maximum atomic E-state index is 13.3. The number of ether oxygens (including phenoxy) is 1. The van der Waals surface area contributed by atoms with E-state index in [0.717, 1.165) is 22.4 Å². The van der Waals surface area contributed by atoms with Gasteiger partial charge in [0.05, 0.1) is 6.54 Å². The van der Waals surface area contributed by atoms with Gasteiger partial charge >= 0.3 is 0 Å². The molecule has 30 heavy (non-hydrogen) atoms. The lowest BCUT2D eigenvalue weighted by Crippen LogP contribution is -2.53. The van der Waals surface area contributed by atoms with Crippen molar-refractivity contribution in [1.82, 2.24) is 9.80 Å². The van der Waals surface area contributed by atoms with Crippen LogP contribution in [0, 0.1) is 12.8 Å². The van der Waals surface area contributed by atoms with Gasteiger partial charge < -0.3 is 14.5 Å². The zero-order valence-electron chi connectivity index (χ0n) is 18.4. The maximum absolute atomic E-state index is 13.3. The Morgan fingerprint density at radius 1 is 1.13 bits per heavy atom. The summed E-state index contributed by atoms with van der Waals surface area (Å²) >= 11 is 0. The van der Waals surface area contributed by atoms with Crippen molar-refractivity contribution in [3.63, 3.8) is 0 Å². The predicted molar refractivity (Wildman–Crippen MR) is 118 cm³/mol. The summed E-state index contributed by atoms with van der Waals surface area (Å²) in [5.41, 5.74) is 3.41. The minimum absolute atomic E-state index is 0.0329. The lowest BCUT2D eigenvalue weighted by molar-refractivity contribution is -0.147. The number of carbonyl (C=O) groups excluding carboxylic acids is 2. The quantitative estimate of drug-likeness (QED) is 0.700. The molecule has 0 fully saturated rings. The first-order chi connectivity index (χ1) is 14.3. The molecule has 2 amide bonds. The van der Waals surface area contributed by atoms with Crippen LogP contribution in [0.15, 0.2) is 48.5 Å². The number of rotatable bonds is 7. The third-order valence-electron chi connectivity index (χ3n) is 5.50. The summed E-state index contributed by atoms with van der Waals surface area (Å²) in [6.45, 7) is 7.45. The molecule has 5 nitrogen and oxygen atoms in total. The molecule has 0 saturated carbocycles. The van der Waals surface area contributed by atoms with E-state index in [2.05, 4.69) is 6.07 Å². The number of nitrogens with zero attached hydrogens (tertiary/aromatic N) is 2. The second kappa shape index (κ2) is 9.79. The van der Waals surface area contributed by atoms with Crippen molar-refractivity contribution < 1.29 is 14.3 Å². The second-order valence-corrected chi connectivity index (χ2v) is 8.53. The lowest BCUT2D eigenvalue weighted by atomic mass is 9.92. The first kappa shape index (κ1) is 21.9. The molecule has 2 aromatic carbocycles. The van der Waals surface area contributed by atoms with E-state index in [0.29, 0.717) is 32.5 Å². The topological polar surface area (TPSA) is 49.9 Å². The highest BCUT2D eigenvalue weighted by Gasteiger charge is 2.35. The molecule has 1 aliphatic rings. The van der Waals surface area contributed by atoms with Gasteiger partial charge in [-0.15, -0.1) is 0 Å². The minimum atomic E-state index is -0.463.